The normalized spacial score (nSPS) is 25.0. The zero-order valence-corrected chi connectivity index (χ0v) is 27.0. The number of hydrogen-bond donors (Lipinski definition) is 0. The van der Waals surface area contributed by atoms with Crippen molar-refractivity contribution in [2.24, 2.45) is 23.2 Å². The van der Waals surface area contributed by atoms with E-state index in [2.05, 4.69) is 26.1 Å². The number of halogens is 2. The van der Waals surface area contributed by atoms with E-state index < -0.39 is 52.5 Å². The summed E-state index contributed by atoms with van der Waals surface area (Å²) in [6, 6.07) is 18.3. The number of ketones is 3. The Balaban J connectivity index is 1.27. The number of carbonyl (C=O) groups excluding carboxylic acids is 3. The molecule has 7 rings (SSSR count). The number of nitrogens with zero attached hydrogens (tertiary/aromatic N) is 3. The number of hydrogen-bond acceptors (Lipinski definition) is 9. The Bertz CT molecular complexity index is 1860. The highest BCUT2D eigenvalue weighted by molar-refractivity contribution is 9.10. The molecule has 46 heavy (non-hydrogen) atoms. The molecular formula is C35H31BrFN3O6. The van der Waals surface area contributed by atoms with Crippen molar-refractivity contribution in [3.05, 3.63) is 105 Å². The lowest BCUT2D eigenvalue weighted by Crippen LogP contribution is -2.60. The zero-order valence-electron chi connectivity index (χ0n) is 25.5. The molecule has 2 heterocycles. The minimum absolute atomic E-state index is 0.00285. The molecule has 2 aromatic heterocycles. The number of benzene rings is 2. The maximum atomic E-state index is 15.4. The molecule has 1 fully saturated rings. The molecule has 3 aliphatic rings. The predicted molar refractivity (Wildman–Crippen MR) is 167 cm³/mol. The Morgan fingerprint density at radius 2 is 1.61 bits per heavy atom. The molecule has 0 bridgehead atoms. The first-order valence-corrected chi connectivity index (χ1v) is 15.9. The predicted octanol–water partition coefficient (Wildman–Crippen LogP) is 6.19. The average molecular weight is 689 g/mol. The van der Waals surface area contributed by atoms with Gasteiger partial charge in [0.05, 0.1) is 22.9 Å². The number of rotatable bonds is 7. The summed E-state index contributed by atoms with van der Waals surface area (Å²) < 4.78 is 33.3. The van der Waals surface area contributed by atoms with Crippen molar-refractivity contribution in [3.8, 4) is 11.6 Å². The minimum atomic E-state index is -1.58. The lowest BCUT2D eigenvalue weighted by Gasteiger charge is -2.52. The van der Waals surface area contributed by atoms with Gasteiger partial charge in [0.1, 0.15) is 18.8 Å². The Morgan fingerprint density at radius 3 is 2.24 bits per heavy atom. The highest BCUT2D eigenvalue weighted by atomic mass is 79.9. The van der Waals surface area contributed by atoms with Gasteiger partial charge in [-0.25, -0.2) is 4.98 Å². The first-order chi connectivity index (χ1) is 22.1. The van der Waals surface area contributed by atoms with E-state index in [0.29, 0.717) is 12.2 Å². The highest BCUT2D eigenvalue weighted by Crippen LogP contribution is 2.59. The molecule has 0 spiro atoms. The van der Waals surface area contributed by atoms with E-state index in [1.54, 1.807) is 6.92 Å². The van der Waals surface area contributed by atoms with Crippen LogP contribution in [-0.4, -0.2) is 46.5 Å². The van der Waals surface area contributed by atoms with E-state index in [4.69, 9.17) is 14.0 Å². The van der Waals surface area contributed by atoms with Gasteiger partial charge in [0, 0.05) is 11.5 Å². The van der Waals surface area contributed by atoms with Crippen molar-refractivity contribution < 1.29 is 32.8 Å². The molecule has 5 atom stereocenters. The molecule has 0 radical (unpaired) electrons. The smallest absolute Gasteiger partial charge is 0.265 e. The van der Waals surface area contributed by atoms with Crippen molar-refractivity contribution in [2.45, 2.75) is 39.0 Å². The average Bonchev–Trinajstić information content (AvgIpc) is 3.46. The summed E-state index contributed by atoms with van der Waals surface area (Å²) in [5.41, 5.74) is 0.368. The summed E-state index contributed by atoms with van der Waals surface area (Å²) in [4.78, 5) is 49.4. The Morgan fingerprint density at radius 1 is 0.978 bits per heavy atom. The van der Waals surface area contributed by atoms with Crippen LogP contribution in [0.25, 0.3) is 0 Å². The second kappa shape index (κ2) is 11.5. The molecule has 9 nitrogen and oxygen atoms in total. The molecule has 0 saturated heterocycles. The van der Waals surface area contributed by atoms with Crippen LogP contribution in [0.5, 0.6) is 11.6 Å². The molecule has 1 saturated carbocycles. The van der Waals surface area contributed by atoms with Gasteiger partial charge in [-0.2, -0.15) is 4.39 Å². The lowest BCUT2D eigenvalue weighted by atomic mass is 9.50. The summed E-state index contributed by atoms with van der Waals surface area (Å²) in [6.07, 6.45) is 0.406. The lowest BCUT2D eigenvalue weighted by molar-refractivity contribution is -0.140. The molecule has 0 aliphatic heterocycles. The third kappa shape index (κ3) is 4.70. The molecule has 4 aromatic rings. The van der Waals surface area contributed by atoms with Crippen LogP contribution in [0.2, 0.25) is 0 Å². The molecule has 0 amide bonds. The SMILES string of the molecule is CN(C)C1c2onc(OCc3ccccc3)c2C(=O)C2(C)C(=O)C3C(=O)c4c(c(F)nc(Br)c4OCc4ccccc4)CC3CC12. The van der Waals surface area contributed by atoms with Crippen LogP contribution in [0.3, 0.4) is 0 Å². The fraction of sp³-hybridized carbons (Fsp3) is 0.343. The molecular weight excluding hydrogens is 657 g/mol. The van der Waals surface area contributed by atoms with Crippen molar-refractivity contribution >= 4 is 33.3 Å². The van der Waals surface area contributed by atoms with Crippen LogP contribution < -0.4 is 9.47 Å². The number of pyridine rings is 1. The number of Topliss-reactive ketones (excluding diaryl/α,β-unsaturated/α-hetero) is 3. The Labute approximate surface area is 273 Å². The van der Waals surface area contributed by atoms with Crippen LogP contribution >= 0.6 is 15.9 Å². The van der Waals surface area contributed by atoms with E-state index in [1.165, 1.54) is 0 Å². The largest absolute Gasteiger partial charge is 0.485 e. The summed E-state index contributed by atoms with van der Waals surface area (Å²) in [5, 5.41) is 4.12. The summed E-state index contributed by atoms with van der Waals surface area (Å²) in [7, 11) is 3.68. The van der Waals surface area contributed by atoms with Gasteiger partial charge < -0.3 is 14.0 Å². The number of fused-ring (bicyclic) bond motifs is 4. The molecule has 3 aliphatic carbocycles. The standard InChI is InChI=1S/C35H31BrFN3O6/c1-35-22(26(40(2)3)28-25(31(35)43)34(39-46-28)45-17-19-12-8-5-9-13-19)15-20-14-21-24(27(41)23(20)30(35)42)29(32(36)38-33(21)37)44-16-18-10-6-4-7-11-18/h4-13,20,22-23,26H,14-17H2,1-3H3. The fourth-order valence-corrected chi connectivity index (χ4v) is 7.98. The van der Waals surface area contributed by atoms with Gasteiger partial charge in [0.2, 0.25) is 5.95 Å². The van der Waals surface area contributed by atoms with Crippen LogP contribution in [0.15, 0.2) is 69.8 Å². The van der Waals surface area contributed by atoms with Gasteiger partial charge >= 0.3 is 0 Å². The van der Waals surface area contributed by atoms with Gasteiger partial charge in [0.15, 0.2) is 33.5 Å². The van der Waals surface area contributed by atoms with Crippen molar-refractivity contribution in [2.75, 3.05) is 14.1 Å². The van der Waals surface area contributed by atoms with E-state index >= 15 is 4.39 Å². The van der Waals surface area contributed by atoms with E-state index in [-0.39, 0.29) is 52.6 Å². The number of ether oxygens (including phenoxy) is 2. The first-order valence-electron chi connectivity index (χ1n) is 15.1. The molecule has 236 valence electrons. The third-order valence-electron chi connectivity index (χ3n) is 9.76. The number of aromatic nitrogens is 2. The van der Waals surface area contributed by atoms with Crippen LogP contribution in [-0.2, 0) is 24.4 Å². The van der Waals surface area contributed by atoms with Gasteiger partial charge in [-0.05, 0) is 72.0 Å². The van der Waals surface area contributed by atoms with Crippen LogP contribution in [0.1, 0.15) is 62.6 Å². The summed E-state index contributed by atoms with van der Waals surface area (Å²) in [6.45, 7) is 1.87. The highest BCUT2D eigenvalue weighted by Gasteiger charge is 2.65. The molecule has 5 unspecified atom stereocenters. The van der Waals surface area contributed by atoms with Gasteiger partial charge in [-0.3, -0.25) is 19.3 Å². The van der Waals surface area contributed by atoms with Crippen molar-refractivity contribution in [3.63, 3.8) is 0 Å². The van der Waals surface area contributed by atoms with E-state index in [1.807, 2.05) is 79.7 Å². The molecule has 11 heteroatoms. The van der Waals surface area contributed by atoms with Crippen LogP contribution in [0, 0.1) is 29.1 Å². The second-order valence-corrected chi connectivity index (χ2v) is 13.4. The summed E-state index contributed by atoms with van der Waals surface area (Å²) in [5.74, 6) is -4.17. The second-order valence-electron chi connectivity index (χ2n) is 12.6. The van der Waals surface area contributed by atoms with Gasteiger partial charge in [-0.15, -0.1) is 0 Å². The number of carbonyl (C=O) groups is 3. The third-order valence-corrected chi connectivity index (χ3v) is 10.3. The molecule has 2 aromatic carbocycles. The van der Waals surface area contributed by atoms with Crippen LogP contribution in [0.4, 0.5) is 4.39 Å². The topological polar surface area (TPSA) is 112 Å². The monoisotopic (exact) mass is 687 g/mol. The van der Waals surface area contributed by atoms with E-state index in [9.17, 15) is 14.4 Å². The summed E-state index contributed by atoms with van der Waals surface area (Å²) >= 11 is 3.28. The Kier molecular flexibility index (Phi) is 7.64. The van der Waals surface area contributed by atoms with Gasteiger partial charge in [0.25, 0.3) is 5.88 Å². The van der Waals surface area contributed by atoms with Gasteiger partial charge in [-0.1, -0.05) is 60.7 Å². The fourth-order valence-electron chi connectivity index (χ4n) is 7.51. The zero-order chi connectivity index (χ0) is 32.3. The molecule has 0 N–H and O–H groups in total. The maximum absolute atomic E-state index is 15.4. The van der Waals surface area contributed by atoms with Crippen molar-refractivity contribution in [1.29, 1.82) is 0 Å². The van der Waals surface area contributed by atoms with Crippen molar-refractivity contribution in [1.82, 2.24) is 15.0 Å². The maximum Gasteiger partial charge on any atom is 0.265 e. The Hall–Kier alpha value is -4.22. The quantitative estimate of drug-likeness (QED) is 0.166. The van der Waals surface area contributed by atoms with E-state index in [0.717, 1.165) is 11.1 Å². The first kappa shape index (κ1) is 30.4. The minimum Gasteiger partial charge on any atom is -0.485 e.